The van der Waals surface area contributed by atoms with Gasteiger partial charge in [-0.3, -0.25) is 4.79 Å². The Balaban J connectivity index is 4.58. The summed E-state index contributed by atoms with van der Waals surface area (Å²) < 4.78 is 42.0. The zero-order valence-electron chi connectivity index (χ0n) is 11.0. The summed E-state index contributed by atoms with van der Waals surface area (Å²) in [4.78, 5) is 12.6. The molecule has 2 N–H and O–H groups in total. The number of hydrogen-bond donors (Lipinski definition) is 1. The third-order valence-corrected chi connectivity index (χ3v) is 2.31. The molecule has 0 spiro atoms. The molecular weight excluding hydrogens is 249 g/mol. The van der Waals surface area contributed by atoms with Crippen molar-refractivity contribution in [1.29, 1.82) is 0 Å². The molecule has 4 nitrogen and oxygen atoms in total. The van der Waals surface area contributed by atoms with Crippen molar-refractivity contribution in [1.82, 2.24) is 4.90 Å². The summed E-state index contributed by atoms with van der Waals surface area (Å²) >= 11 is 0. The third kappa shape index (κ3) is 7.50. The van der Waals surface area contributed by atoms with Crippen molar-refractivity contribution in [2.24, 2.45) is 11.7 Å². The average molecular weight is 270 g/mol. The van der Waals surface area contributed by atoms with E-state index in [4.69, 9.17) is 10.5 Å². The second-order valence-electron chi connectivity index (χ2n) is 4.58. The molecule has 0 aliphatic heterocycles. The quantitative estimate of drug-likeness (QED) is 0.760. The minimum atomic E-state index is -4.39. The summed E-state index contributed by atoms with van der Waals surface area (Å²) in [6.45, 7) is 2.45. The van der Waals surface area contributed by atoms with Crippen LogP contribution in [0.25, 0.3) is 0 Å². The Labute approximate surface area is 105 Å². The molecule has 0 heterocycles. The Morgan fingerprint density at radius 3 is 2.28 bits per heavy atom. The van der Waals surface area contributed by atoms with E-state index in [1.807, 2.05) is 0 Å². The lowest BCUT2D eigenvalue weighted by Gasteiger charge is -2.27. The van der Waals surface area contributed by atoms with Gasteiger partial charge in [0.05, 0.1) is 12.5 Å². The van der Waals surface area contributed by atoms with Gasteiger partial charge in [-0.2, -0.15) is 13.2 Å². The zero-order valence-corrected chi connectivity index (χ0v) is 11.0. The van der Waals surface area contributed by atoms with Crippen LogP contribution in [-0.4, -0.2) is 49.8 Å². The molecule has 0 aromatic carbocycles. The van der Waals surface area contributed by atoms with Crippen molar-refractivity contribution in [2.45, 2.75) is 32.5 Å². The van der Waals surface area contributed by atoms with Crippen LogP contribution in [0.5, 0.6) is 0 Å². The molecule has 1 atom stereocenters. The van der Waals surface area contributed by atoms with Gasteiger partial charge < -0.3 is 15.4 Å². The first-order valence-corrected chi connectivity index (χ1v) is 5.77. The predicted octanol–water partition coefficient (Wildman–Crippen LogP) is 1.40. The van der Waals surface area contributed by atoms with Gasteiger partial charge in [-0.1, -0.05) is 13.8 Å². The van der Waals surface area contributed by atoms with Gasteiger partial charge >= 0.3 is 6.18 Å². The van der Waals surface area contributed by atoms with Crippen molar-refractivity contribution in [2.75, 3.05) is 26.7 Å². The molecule has 0 radical (unpaired) electrons. The van der Waals surface area contributed by atoms with E-state index in [1.54, 1.807) is 13.8 Å². The van der Waals surface area contributed by atoms with Crippen LogP contribution in [0.3, 0.4) is 0 Å². The topological polar surface area (TPSA) is 55.6 Å². The van der Waals surface area contributed by atoms with Gasteiger partial charge in [0.25, 0.3) is 0 Å². The van der Waals surface area contributed by atoms with E-state index in [9.17, 15) is 18.0 Å². The first kappa shape index (κ1) is 17.2. The summed E-state index contributed by atoms with van der Waals surface area (Å²) in [7, 11) is 1.38. The number of carbonyl (C=O) groups is 1. The minimum Gasteiger partial charge on any atom is -0.380 e. The third-order valence-electron chi connectivity index (χ3n) is 2.31. The van der Waals surface area contributed by atoms with Crippen LogP contribution in [-0.2, 0) is 9.53 Å². The number of methoxy groups -OCH3 is 1. The van der Waals surface area contributed by atoms with Gasteiger partial charge in [0.1, 0.15) is 6.54 Å². The van der Waals surface area contributed by atoms with Crippen molar-refractivity contribution in [3.05, 3.63) is 0 Å². The highest BCUT2D eigenvalue weighted by Crippen LogP contribution is 2.18. The molecule has 0 aliphatic rings. The molecule has 0 rings (SSSR count). The Hall–Kier alpha value is -0.820. The lowest BCUT2D eigenvalue weighted by molar-refractivity contribution is -0.163. The van der Waals surface area contributed by atoms with Gasteiger partial charge in [-0.25, -0.2) is 0 Å². The highest BCUT2D eigenvalue weighted by atomic mass is 19.4. The lowest BCUT2D eigenvalue weighted by Crippen LogP contribution is -2.43. The fourth-order valence-electron chi connectivity index (χ4n) is 1.50. The summed E-state index contributed by atoms with van der Waals surface area (Å²) in [6, 6.07) is 0. The molecule has 1 amide bonds. The van der Waals surface area contributed by atoms with E-state index in [0.29, 0.717) is 0 Å². The largest absolute Gasteiger partial charge is 0.406 e. The minimum absolute atomic E-state index is 0.0322. The Kier molecular flexibility index (Phi) is 7.23. The van der Waals surface area contributed by atoms with Gasteiger partial charge in [0.15, 0.2) is 0 Å². The van der Waals surface area contributed by atoms with E-state index < -0.39 is 24.7 Å². The Morgan fingerprint density at radius 1 is 1.39 bits per heavy atom. The summed E-state index contributed by atoms with van der Waals surface area (Å²) in [6.07, 6.45) is -5.06. The van der Waals surface area contributed by atoms with Crippen LogP contribution in [0.4, 0.5) is 13.2 Å². The second-order valence-corrected chi connectivity index (χ2v) is 4.58. The van der Waals surface area contributed by atoms with Gasteiger partial charge in [0, 0.05) is 20.2 Å². The van der Waals surface area contributed by atoms with Crippen LogP contribution in [0, 0.1) is 5.92 Å². The van der Waals surface area contributed by atoms with E-state index >= 15 is 0 Å². The predicted molar refractivity (Wildman–Crippen MR) is 61.9 cm³/mol. The Bertz CT molecular complexity index is 253. The number of hydrogen-bond acceptors (Lipinski definition) is 3. The number of halogens is 3. The number of rotatable bonds is 7. The highest BCUT2D eigenvalue weighted by Gasteiger charge is 2.33. The zero-order chi connectivity index (χ0) is 14.3. The van der Waals surface area contributed by atoms with Crippen LogP contribution in [0.2, 0.25) is 0 Å². The van der Waals surface area contributed by atoms with Crippen molar-refractivity contribution >= 4 is 5.91 Å². The van der Waals surface area contributed by atoms with Crippen LogP contribution < -0.4 is 5.73 Å². The van der Waals surface area contributed by atoms with Crippen LogP contribution in [0.1, 0.15) is 20.3 Å². The van der Waals surface area contributed by atoms with Crippen LogP contribution >= 0.6 is 0 Å². The molecule has 0 saturated carbocycles. The van der Waals surface area contributed by atoms with E-state index in [1.165, 1.54) is 7.11 Å². The molecule has 0 bridgehead atoms. The lowest BCUT2D eigenvalue weighted by atomic mass is 10.1. The van der Waals surface area contributed by atoms with Crippen molar-refractivity contribution < 1.29 is 22.7 Å². The van der Waals surface area contributed by atoms with E-state index in [2.05, 4.69) is 0 Å². The Morgan fingerprint density at radius 2 is 1.94 bits per heavy atom. The molecule has 0 saturated heterocycles. The number of carbonyl (C=O) groups excluding carboxylic acids is 1. The number of nitrogens with two attached hydrogens (primary N) is 1. The molecule has 18 heavy (non-hydrogen) atoms. The van der Waals surface area contributed by atoms with Crippen molar-refractivity contribution in [3.8, 4) is 0 Å². The monoisotopic (exact) mass is 270 g/mol. The maximum absolute atomic E-state index is 12.4. The number of alkyl halides is 3. The molecule has 7 heteroatoms. The second kappa shape index (κ2) is 7.58. The van der Waals surface area contributed by atoms with E-state index in [0.717, 1.165) is 4.90 Å². The smallest absolute Gasteiger partial charge is 0.380 e. The van der Waals surface area contributed by atoms with Crippen LogP contribution in [0.15, 0.2) is 0 Å². The molecule has 108 valence electrons. The fraction of sp³-hybridized carbons (Fsp3) is 0.909. The SMILES string of the molecule is COC(CN)CC(=O)N(CC(C)C)CC(F)(F)F. The van der Waals surface area contributed by atoms with Crippen molar-refractivity contribution in [3.63, 3.8) is 0 Å². The molecule has 0 fully saturated rings. The molecule has 0 aromatic rings. The maximum Gasteiger partial charge on any atom is 0.406 e. The van der Waals surface area contributed by atoms with E-state index in [-0.39, 0.29) is 25.4 Å². The molecule has 0 aromatic heterocycles. The molecule has 0 aliphatic carbocycles. The standard InChI is InChI=1S/C11H21F3N2O2/c1-8(2)6-16(7-11(12,13)14)10(17)4-9(5-15)18-3/h8-9H,4-7,15H2,1-3H3. The van der Waals surface area contributed by atoms with Gasteiger partial charge in [-0.15, -0.1) is 0 Å². The first-order chi connectivity index (χ1) is 8.19. The maximum atomic E-state index is 12.4. The first-order valence-electron chi connectivity index (χ1n) is 5.77. The highest BCUT2D eigenvalue weighted by molar-refractivity contribution is 5.76. The molecular formula is C11H21F3N2O2. The molecule has 1 unspecified atom stereocenters. The fourth-order valence-corrected chi connectivity index (χ4v) is 1.50. The summed E-state index contributed by atoms with van der Waals surface area (Å²) in [5, 5.41) is 0. The normalized spacial score (nSPS) is 13.8. The number of amides is 1. The van der Waals surface area contributed by atoms with Gasteiger partial charge in [0.2, 0.25) is 5.91 Å². The number of ether oxygens (including phenoxy) is 1. The summed E-state index contributed by atoms with van der Waals surface area (Å²) in [5.41, 5.74) is 5.34. The summed E-state index contributed by atoms with van der Waals surface area (Å²) in [5.74, 6) is -0.617. The average Bonchev–Trinajstić information content (AvgIpc) is 2.22. The van der Waals surface area contributed by atoms with Gasteiger partial charge in [-0.05, 0) is 5.92 Å². The number of nitrogens with zero attached hydrogens (tertiary/aromatic N) is 1.